The molecule has 3 N–H and O–H groups in total. The Labute approximate surface area is 147 Å². The fourth-order valence-corrected chi connectivity index (χ4v) is 3.15. The van der Waals surface area contributed by atoms with Gasteiger partial charge in [0, 0.05) is 25.1 Å². The zero-order valence-corrected chi connectivity index (χ0v) is 14.6. The summed E-state index contributed by atoms with van der Waals surface area (Å²) in [6.45, 7) is 1.83. The summed E-state index contributed by atoms with van der Waals surface area (Å²) in [6, 6.07) is 7.54. The SMILES string of the molecule is COc1cc(CC(=O)Cc2cc(N)n([C@H]3CCNC3)n2)cc(OC)c1. The summed E-state index contributed by atoms with van der Waals surface area (Å²) < 4.78 is 12.3. The lowest BCUT2D eigenvalue weighted by atomic mass is 10.1. The molecule has 1 atom stereocenters. The van der Waals surface area contributed by atoms with Gasteiger partial charge in [-0.05, 0) is 30.7 Å². The maximum Gasteiger partial charge on any atom is 0.143 e. The predicted molar refractivity (Wildman–Crippen MR) is 95.1 cm³/mol. The average molecular weight is 344 g/mol. The Kier molecular flexibility index (Phi) is 5.23. The van der Waals surface area contributed by atoms with Crippen LogP contribution in [-0.2, 0) is 17.6 Å². The number of anilines is 1. The first-order chi connectivity index (χ1) is 12.1. The van der Waals surface area contributed by atoms with Gasteiger partial charge in [0.2, 0.25) is 0 Å². The first-order valence-corrected chi connectivity index (χ1v) is 8.37. The number of hydrogen-bond acceptors (Lipinski definition) is 6. The number of ketones is 1. The van der Waals surface area contributed by atoms with E-state index in [0.29, 0.717) is 29.4 Å². The molecule has 0 aliphatic carbocycles. The van der Waals surface area contributed by atoms with E-state index in [1.54, 1.807) is 26.4 Å². The quantitative estimate of drug-likeness (QED) is 0.788. The van der Waals surface area contributed by atoms with Crippen LogP contribution >= 0.6 is 0 Å². The third-order valence-electron chi connectivity index (χ3n) is 4.39. The van der Waals surface area contributed by atoms with Crippen molar-refractivity contribution in [3.05, 3.63) is 35.5 Å². The minimum atomic E-state index is 0.0736. The van der Waals surface area contributed by atoms with Crippen molar-refractivity contribution < 1.29 is 14.3 Å². The summed E-state index contributed by atoms with van der Waals surface area (Å²) in [4.78, 5) is 12.4. The van der Waals surface area contributed by atoms with Crippen LogP contribution in [0.25, 0.3) is 0 Å². The molecule has 134 valence electrons. The fraction of sp³-hybridized carbons (Fsp3) is 0.444. The number of methoxy groups -OCH3 is 2. The molecule has 7 heteroatoms. The Bertz CT molecular complexity index is 729. The van der Waals surface area contributed by atoms with Gasteiger partial charge >= 0.3 is 0 Å². The lowest BCUT2D eigenvalue weighted by molar-refractivity contribution is -0.117. The first kappa shape index (κ1) is 17.3. The van der Waals surface area contributed by atoms with Crippen molar-refractivity contribution in [1.29, 1.82) is 0 Å². The Morgan fingerprint density at radius 1 is 1.24 bits per heavy atom. The number of carbonyl (C=O) groups is 1. The van der Waals surface area contributed by atoms with Crippen molar-refractivity contribution in [3.63, 3.8) is 0 Å². The molecular formula is C18H24N4O3. The largest absolute Gasteiger partial charge is 0.497 e. The molecule has 1 aromatic carbocycles. The molecule has 3 rings (SSSR count). The van der Waals surface area contributed by atoms with E-state index in [-0.39, 0.29) is 18.2 Å². The highest BCUT2D eigenvalue weighted by Crippen LogP contribution is 2.24. The molecule has 0 unspecified atom stereocenters. The Balaban J connectivity index is 1.67. The Morgan fingerprint density at radius 2 is 1.96 bits per heavy atom. The molecule has 7 nitrogen and oxygen atoms in total. The number of hydrogen-bond donors (Lipinski definition) is 2. The summed E-state index contributed by atoms with van der Waals surface area (Å²) in [5.41, 5.74) is 7.62. The van der Waals surface area contributed by atoms with Gasteiger partial charge < -0.3 is 20.5 Å². The van der Waals surface area contributed by atoms with Crippen LogP contribution in [0.3, 0.4) is 0 Å². The van der Waals surface area contributed by atoms with Crippen molar-refractivity contribution >= 4 is 11.6 Å². The van der Waals surface area contributed by atoms with Crippen LogP contribution in [0.4, 0.5) is 5.82 Å². The van der Waals surface area contributed by atoms with Crippen LogP contribution < -0.4 is 20.5 Å². The molecule has 0 amide bonds. The molecule has 2 heterocycles. The standard InChI is InChI=1S/C18H24N4O3/c1-24-16-6-12(7-17(10-16)25-2)5-15(23)8-13-9-18(19)22(21-13)14-3-4-20-11-14/h6-7,9-10,14,20H,3-5,8,11,19H2,1-2H3/t14-/m0/s1. The van der Waals surface area contributed by atoms with Crippen molar-refractivity contribution in [2.45, 2.75) is 25.3 Å². The summed E-state index contributed by atoms with van der Waals surface area (Å²) in [6.07, 6.45) is 1.56. The fourth-order valence-electron chi connectivity index (χ4n) is 3.15. The second-order valence-electron chi connectivity index (χ2n) is 6.26. The number of nitrogens with zero attached hydrogens (tertiary/aromatic N) is 2. The van der Waals surface area contributed by atoms with E-state index < -0.39 is 0 Å². The van der Waals surface area contributed by atoms with Crippen LogP contribution in [0, 0.1) is 0 Å². The Hall–Kier alpha value is -2.54. The molecule has 0 radical (unpaired) electrons. The van der Waals surface area contributed by atoms with Gasteiger partial charge in [-0.3, -0.25) is 4.79 Å². The second-order valence-corrected chi connectivity index (χ2v) is 6.26. The number of carbonyl (C=O) groups excluding carboxylic acids is 1. The normalized spacial score (nSPS) is 16.8. The van der Waals surface area contributed by atoms with E-state index in [2.05, 4.69) is 10.4 Å². The lowest BCUT2D eigenvalue weighted by Gasteiger charge is -2.10. The van der Waals surface area contributed by atoms with Crippen LogP contribution in [0.1, 0.15) is 23.7 Å². The van der Waals surface area contributed by atoms with Crippen molar-refractivity contribution in [1.82, 2.24) is 15.1 Å². The minimum absolute atomic E-state index is 0.0736. The molecule has 25 heavy (non-hydrogen) atoms. The number of benzene rings is 1. The lowest BCUT2D eigenvalue weighted by Crippen LogP contribution is -2.16. The van der Waals surface area contributed by atoms with Gasteiger partial charge in [0.25, 0.3) is 0 Å². The topological polar surface area (TPSA) is 91.4 Å². The van der Waals surface area contributed by atoms with Gasteiger partial charge in [0.05, 0.1) is 32.4 Å². The number of aromatic nitrogens is 2. The maximum atomic E-state index is 12.4. The monoisotopic (exact) mass is 344 g/mol. The van der Waals surface area contributed by atoms with Crippen molar-refractivity contribution in [3.8, 4) is 11.5 Å². The van der Waals surface area contributed by atoms with Crippen LogP contribution in [-0.4, -0.2) is 42.9 Å². The zero-order chi connectivity index (χ0) is 17.8. The van der Waals surface area contributed by atoms with E-state index in [9.17, 15) is 4.79 Å². The summed E-state index contributed by atoms with van der Waals surface area (Å²) in [5, 5.41) is 7.82. The number of ether oxygens (including phenoxy) is 2. The zero-order valence-electron chi connectivity index (χ0n) is 14.6. The maximum absolute atomic E-state index is 12.4. The highest BCUT2D eigenvalue weighted by Gasteiger charge is 2.20. The minimum Gasteiger partial charge on any atom is -0.497 e. The average Bonchev–Trinajstić information content (AvgIpc) is 3.23. The molecule has 1 aliphatic rings. The summed E-state index contributed by atoms with van der Waals surface area (Å²) in [7, 11) is 3.18. The van der Waals surface area contributed by atoms with Gasteiger partial charge in [0.15, 0.2) is 0 Å². The van der Waals surface area contributed by atoms with E-state index in [4.69, 9.17) is 15.2 Å². The Morgan fingerprint density at radius 3 is 2.56 bits per heavy atom. The molecular weight excluding hydrogens is 320 g/mol. The molecule has 0 saturated carbocycles. The first-order valence-electron chi connectivity index (χ1n) is 8.37. The molecule has 1 aliphatic heterocycles. The van der Waals surface area contributed by atoms with Crippen molar-refractivity contribution in [2.75, 3.05) is 33.0 Å². The number of rotatable bonds is 7. The highest BCUT2D eigenvalue weighted by molar-refractivity contribution is 5.83. The third-order valence-corrected chi connectivity index (χ3v) is 4.39. The number of nitrogens with two attached hydrogens (primary N) is 1. The molecule has 1 saturated heterocycles. The summed E-state index contributed by atoms with van der Waals surface area (Å²) >= 11 is 0. The van der Waals surface area contributed by atoms with Gasteiger partial charge in [-0.1, -0.05) is 0 Å². The molecule has 1 aromatic heterocycles. The van der Waals surface area contributed by atoms with E-state index in [1.807, 2.05) is 16.8 Å². The number of nitrogen functional groups attached to an aromatic ring is 1. The van der Waals surface area contributed by atoms with Gasteiger partial charge in [-0.15, -0.1) is 0 Å². The third kappa shape index (κ3) is 4.11. The van der Waals surface area contributed by atoms with Crippen LogP contribution in [0.15, 0.2) is 24.3 Å². The molecule has 2 aromatic rings. The van der Waals surface area contributed by atoms with Gasteiger partial charge in [-0.25, -0.2) is 4.68 Å². The van der Waals surface area contributed by atoms with Crippen LogP contribution in [0.2, 0.25) is 0 Å². The van der Waals surface area contributed by atoms with E-state index in [1.165, 1.54) is 0 Å². The van der Waals surface area contributed by atoms with Gasteiger partial charge in [0.1, 0.15) is 23.1 Å². The smallest absolute Gasteiger partial charge is 0.143 e. The summed E-state index contributed by atoms with van der Waals surface area (Å²) in [5.74, 6) is 2.03. The molecule has 1 fully saturated rings. The van der Waals surface area contributed by atoms with E-state index >= 15 is 0 Å². The molecule has 0 bridgehead atoms. The van der Waals surface area contributed by atoms with Crippen molar-refractivity contribution in [2.24, 2.45) is 0 Å². The van der Waals surface area contributed by atoms with Crippen LogP contribution in [0.5, 0.6) is 11.5 Å². The van der Waals surface area contributed by atoms with Gasteiger partial charge in [-0.2, -0.15) is 5.10 Å². The second kappa shape index (κ2) is 7.57. The number of Topliss-reactive ketones (excluding diaryl/α,β-unsaturated/α-hetero) is 1. The number of nitrogens with one attached hydrogen (secondary N) is 1. The van der Waals surface area contributed by atoms with E-state index in [0.717, 1.165) is 25.1 Å². The predicted octanol–water partition coefficient (Wildman–Crippen LogP) is 1.37. The highest BCUT2D eigenvalue weighted by atomic mass is 16.5. The molecule has 0 spiro atoms.